The van der Waals surface area contributed by atoms with Gasteiger partial charge in [-0.05, 0) is 68.4 Å². The smallest absolute Gasteiger partial charge is 0.381 e. The minimum atomic E-state index is -5.17. The number of pyridine rings is 1. The molecule has 2 aliphatic rings. The van der Waals surface area contributed by atoms with Crippen molar-refractivity contribution in [1.82, 2.24) is 20.1 Å². The van der Waals surface area contributed by atoms with Crippen molar-refractivity contribution in [1.29, 1.82) is 0 Å². The van der Waals surface area contributed by atoms with Gasteiger partial charge in [0.2, 0.25) is 0 Å². The van der Waals surface area contributed by atoms with Crippen LogP contribution in [0.2, 0.25) is 10.0 Å². The van der Waals surface area contributed by atoms with Gasteiger partial charge >= 0.3 is 12.1 Å². The summed E-state index contributed by atoms with van der Waals surface area (Å²) in [4.78, 5) is 37.3. The van der Waals surface area contributed by atoms with Crippen LogP contribution in [-0.2, 0) is 9.53 Å². The molecule has 0 spiro atoms. The van der Waals surface area contributed by atoms with Crippen LogP contribution >= 0.6 is 35.0 Å². The van der Waals surface area contributed by atoms with Crippen LogP contribution in [0, 0.1) is 0 Å². The van der Waals surface area contributed by atoms with Crippen LogP contribution in [0.15, 0.2) is 58.5 Å². The van der Waals surface area contributed by atoms with Crippen LogP contribution in [0.3, 0.4) is 0 Å². The van der Waals surface area contributed by atoms with Gasteiger partial charge in [-0.25, -0.2) is 4.98 Å². The summed E-state index contributed by atoms with van der Waals surface area (Å²) in [6.45, 7) is 3.17. The van der Waals surface area contributed by atoms with E-state index in [9.17, 15) is 22.8 Å². The minimum absolute atomic E-state index is 0.0745. The number of carbonyl (C=O) groups excluding carboxylic acids is 2. The zero-order valence-electron chi connectivity index (χ0n) is 25.1. The highest BCUT2D eigenvalue weighted by molar-refractivity contribution is 7.99. The number of H-pyrrole nitrogens is 1. The number of alkyl halides is 3. The van der Waals surface area contributed by atoms with Crippen LogP contribution in [0.1, 0.15) is 23.2 Å². The fraction of sp³-hybridized carbons (Fsp3) is 0.355. The summed E-state index contributed by atoms with van der Waals surface area (Å²) in [7, 11) is 1.99. The van der Waals surface area contributed by atoms with Gasteiger partial charge in [-0.15, -0.1) is 0 Å². The molecule has 2 amide bonds. The monoisotopic (exact) mass is 707 g/mol. The molecule has 0 unspecified atom stereocenters. The number of hydrogen-bond donors (Lipinski definition) is 2. The fourth-order valence-electron chi connectivity index (χ4n) is 5.63. The molecule has 0 aliphatic carbocycles. The molecular formula is C31H30Cl2F3N7O3S. The van der Waals surface area contributed by atoms with E-state index in [4.69, 9.17) is 27.9 Å². The number of fused-ring (bicyclic) bond motifs is 1. The summed E-state index contributed by atoms with van der Waals surface area (Å²) in [5, 5.41) is 11.2. The van der Waals surface area contributed by atoms with E-state index in [1.165, 1.54) is 23.9 Å². The number of anilines is 3. The van der Waals surface area contributed by atoms with Gasteiger partial charge < -0.3 is 24.8 Å². The first-order valence-corrected chi connectivity index (χ1v) is 16.4. The normalized spacial score (nSPS) is 16.4. The Balaban J connectivity index is 1.36. The Hall–Kier alpha value is -3.56. The quantitative estimate of drug-likeness (QED) is 0.225. The fourth-order valence-corrected chi connectivity index (χ4v) is 7.17. The topological polar surface area (TPSA) is 107 Å². The van der Waals surface area contributed by atoms with Crippen LogP contribution in [0.5, 0.6) is 0 Å². The standard InChI is InChI=1S/C31H30Cl2F3N7O3S/c1-41-8-10-42(11-9-41)21-2-3-23(25(17-21)43(30(45)31(34,35)36)20-6-12-46-13-7-20)29(44)38-28-27-24(39-40-28)4-5-26(37-27)47-22-15-18(32)14-19(33)16-22/h2-5,14-17,20H,6-13H2,1H3,(H2,38,39,40,44). The molecule has 2 saturated heterocycles. The molecule has 47 heavy (non-hydrogen) atoms. The highest BCUT2D eigenvalue weighted by Crippen LogP contribution is 2.36. The number of benzene rings is 2. The zero-order chi connectivity index (χ0) is 33.3. The maximum atomic E-state index is 14.1. The van der Waals surface area contributed by atoms with Crippen molar-refractivity contribution in [3.05, 3.63) is 64.1 Å². The molecule has 6 rings (SSSR count). The molecular weight excluding hydrogens is 678 g/mol. The summed E-state index contributed by atoms with van der Waals surface area (Å²) in [6.07, 6.45) is -4.79. The SMILES string of the molecule is CN1CCN(c2ccc(C(=O)Nc3n[nH]c4ccc(Sc5cc(Cl)cc(Cl)c5)nc34)c(N(C(=O)C(F)(F)F)C3CCOCC3)c2)CC1. The van der Waals surface area contributed by atoms with Gasteiger partial charge in [-0.2, -0.15) is 18.3 Å². The Labute approximate surface area is 282 Å². The molecule has 0 radical (unpaired) electrons. The Bertz CT molecular complexity index is 1770. The summed E-state index contributed by atoms with van der Waals surface area (Å²) in [5.41, 5.74) is 1.24. The first-order chi connectivity index (χ1) is 22.5. The molecule has 16 heteroatoms. The van der Waals surface area contributed by atoms with Crippen molar-refractivity contribution in [2.24, 2.45) is 0 Å². The molecule has 4 heterocycles. The lowest BCUT2D eigenvalue weighted by Crippen LogP contribution is -2.50. The predicted octanol–water partition coefficient (Wildman–Crippen LogP) is 6.49. The van der Waals surface area contributed by atoms with Crippen LogP contribution < -0.4 is 15.1 Å². The molecule has 10 nitrogen and oxygen atoms in total. The predicted molar refractivity (Wildman–Crippen MR) is 176 cm³/mol. The van der Waals surface area contributed by atoms with E-state index in [1.807, 2.05) is 11.9 Å². The molecule has 2 aromatic heterocycles. The van der Waals surface area contributed by atoms with Gasteiger partial charge in [-0.1, -0.05) is 35.0 Å². The number of aromatic nitrogens is 3. The lowest BCUT2D eigenvalue weighted by Gasteiger charge is -2.37. The first kappa shape index (κ1) is 33.3. The van der Waals surface area contributed by atoms with Crippen LogP contribution in [0.4, 0.5) is 30.4 Å². The number of nitrogens with one attached hydrogen (secondary N) is 2. The van der Waals surface area contributed by atoms with Gasteiger partial charge in [0, 0.05) is 66.1 Å². The number of hydrogen-bond acceptors (Lipinski definition) is 8. The summed E-state index contributed by atoms with van der Waals surface area (Å²) >= 11 is 13.6. The first-order valence-electron chi connectivity index (χ1n) is 14.8. The van der Waals surface area contributed by atoms with Crippen molar-refractivity contribution in [3.8, 4) is 0 Å². The van der Waals surface area contributed by atoms with E-state index < -0.39 is 24.0 Å². The molecule has 2 aliphatic heterocycles. The van der Waals surface area contributed by atoms with Crippen molar-refractivity contribution < 1.29 is 27.5 Å². The van der Waals surface area contributed by atoms with Crippen LogP contribution in [0.25, 0.3) is 11.0 Å². The molecule has 2 N–H and O–H groups in total. The molecule has 0 saturated carbocycles. The number of halogens is 5. The third-order valence-electron chi connectivity index (χ3n) is 8.04. The number of likely N-dealkylation sites (N-methyl/N-ethyl adjacent to an activating group) is 1. The highest BCUT2D eigenvalue weighted by Gasteiger charge is 2.46. The third kappa shape index (κ3) is 7.62. The van der Waals surface area contributed by atoms with E-state index in [2.05, 4.69) is 25.4 Å². The van der Waals surface area contributed by atoms with Gasteiger partial charge in [-0.3, -0.25) is 14.7 Å². The van der Waals surface area contributed by atoms with E-state index in [-0.39, 0.29) is 43.1 Å². The highest BCUT2D eigenvalue weighted by atomic mass is 35.5. The third-order valence-corrected chi connectivity index (χ3v) is 9.39. The van der Waals surface area contributed by atoms with Crippen molar-refractivity contribution >= 4 is 75.0 Å². The number of aromatic amines is 1. The number of amides is 2. The molecule has 0 atom stereocenters. The van der Waals surface area contributed by atoms with Gasteiger partial charge in [0.25, 0.3) is 5.91 Å². The molecule has 0 bridgehead atoms. The number of piperazine rings is 1. The minimum Gasteiger partial charge on any atom is -0.381 e. The second-order valence-electron chi connectivity index (χ2n) is 11.3. The van der Waals surface area contributed by atoms with Gasteiger partial charge in [0.1, 0.15) is 10.5 Å². The largest absolute Gasteiger partial charge is 0.471 e. The van der Waals surface area contributed by atoms with Gasteiger partial charge in [0.15, 0.2) is 5.82 Å². The Morgan fingerprint density at radius 3 is 2.40 bits per heavy atom. The number of carbonyl (C=O) groups is 2. The zero-order valence-corrected chi connectivity index (χ0v) is 27.4. The lowest BCUT2D eigenvalue weighted by molar-refractivity contribution is -0.171. The number of nitrogens with zero attached hydrogens (tertiary/aromatic N) is 5. The Morgan fingerprint density at radius 2 is 1.72 bits per heavy atom. The molecule has 2 fully saturated rings. The molecule has 248 valence electrons. The summed E-state index contributed by atoms with van der Waals surface area (Å²) in [6, 6.07) is 12.4. The van der Waals surface area contributed by atoms with Crippen molar-refractivity contribution in [2.75, 3.05) is 61.6 Å². The second-order valence-corrected chi connectivity index (χ2v) is 13.3. The van der Waals surface area contributed by atoms with Crippen LogP contribution in [-0.4, -0.2) is 90.6 Å². The van der Waals surface area contributed by atoms with E-state index in [0.717, 1.165) is 22.9 Å². The average molecular weight is 709 g/mol. The van der Waals surface area contributed by atoms with Crippen molar-refractivity contribution in [2.45, 2.75) is 35.0 Å². The Morgan fingerprint density at radius 1 is 1.02 bits per heavy atom. The maximum absolute atomic E-state index is 14.1. The summed E-state index contributed by atoms with van der Waals surface area (Å²) in [5.74, 6) is -2.71. The molecule has 4 aromatic rings. The van der Waals surface area contributed by atoms with Gasteiger partial charge in [0.05, 0.1) is 16.8 Å². The number of ether oxygens (including phenoxy) is 1. The molecule has 2 aromatic carbocycles. The Kier molecular flexibility index (Phi) is 9.85. The number of rotatable bonds is 7. The van der Waals surface area contributed by atoms with E-state index in [1.54, 1.807) is 36.4 Å². The maximum Gasteiger partial charge on any atom is 0.471 e. The summed E-state index contributed by atoms with van der Waals surface area (Å²) < 4.78 is 47.7. The van der Waals surface area contributed by atoms with E-state index in [0.29, 0.717) is 44.9 Å². The second kappa shape index (κ2) is 13.9. The lowest BCUT2D eigenvalue weighted by atomic mass is 10.0. The van der Waals surface area contributed by atoms with Crippen molar-refractivity contribution in [3.63, 3.8) is 0 Å². The van der Waals surface area contributed by atoms with E-state index >= 15 is 0 Å². The average Bonchev–Trinajstić information content (AvgIpc) is 3.42.